The first-order valence-electron chi connectivity index (χ1n) is 42.4. The molecule has 12 aromatic carbocycles. The predicted molar refractivity (Wildman–Crippen MR) is 469 cm³/mol. The Bertz CT molecular complexity index is 5080. The standard InChI is InChI=1S/2C52H46F4N2O6/c2*53-37-11-3-33(4-12-37)47(59)29-27-45-49(57(51(45)61)41-19-15-39(55)16-20-41)35-7-23-43(24-8-35)63-31-1-2-32-64-44-25-9-36(10-26-44)50-46(28-30-48(60)34-5-13-38(54)14-6-34)52(62)58(50)42-21-17-40(56)18-22-42/h2*1-26,45-50,59-60H,27-32H2/b2-1+;2-1-/t2*45-,46-,47+,48+,49-,50-/m11/s1. The van der Waals surface area contributed by atoms with Crippen LogP contribution in [-0.2, 0) is 19.2 Å². The molecular formula is C104H92F8N4O12. The Morgan fingerprint density at radius 3 is 0.555 bits per heavy atom. The SMILES string of the molecule is O=C1[C@H](CC[C@H](O)c2ccc(F)cc2)[C@@H](c2ccc(OC/C=C/COc3ccc([C@@H]4[C@@H](CC[C@H](O)c5ccc(F)cc5)C(=O)N4c4ccc(F)cc4)cc3)cc2)N1c1ccc(F)cc1.O=C1[C@H](CC[C@H](O)c2ccc(F)cc2)[C@@H](c2ccc(OC/C=C\COc3ccc([C@@H]4[C@@H](CC[C@H](O)c5ccc(F)cc5)C(=O)N4c4ccc(F)cc4)cc3)cc2)N1c1ccc(F)cc1. The molecule has 12 aromatic rings. The zero-order chi connectivity index (χ0) is 89.5. The average Bonchev–Trinajstić information content (AvgIpc) is 0.754. The Morgan fingerprint density at radius 1 is 0.234 bits per heavy atom. The number of anilines is 4. The molecule has 4 aliphatic rings. The van der Waals surface area contributed by atoms with Gasteiger partial charge in [0.05, 0.1) is 72.3 Å². The van der Waals surface area contributed by atoms with Crippen LogP contribution in [-0.4, -0.2) is 70.5 Å². The number of hydrogen-bond acceptors (Lipinski definition) is 12. The molecule has 0 saturated carbocycles. The van der Waals surface area contributed by atoms with Gasteiger partial charge in [-0.2, -0.15) is 0 Å². The molecule has 4 heterocycles. The summed E-state index contributed by atoms with van der Waals surface area (Å²) < 4.78 is 133. The molecule has 12 atom stereocenters. The normalized spacial score (nSPS) is 19.3. The number of hydrogen-bond donors (Lipinski definition) is 4. The fourth-order valence-electron chi connectivity index (χ4n) is 17.1. The number of halogens is 8. The second kappa shape index (κ2) is 41.3. The highest BCUT2D eigenvalue weighted by atomic mass is 19.2. The van der Waals surface area contributed by atoms with Crippen molar-refractivity contribution >= 4 is 46.4 Å². The number of ether oxygens (including phenoxy) is 4. The molecule has 4 N–H and O–H groups in total. The molecular weight excluding hydrogens is 1650 g/mol. The van der Waals surface area contributed by atoms with Gasteiger partial charge in [0.1, 0.15) is 96.0 Å². The largest absolute Gasteiger partial charge is 0.490 e. The number of nitrogens with zero attached hydrogens (tertiary/aromatic N) is 4. The number of rotatable bonds is 36. The highest BCUT2D eigenvalue weighted by Gasteiger charge is 2.52. The van der Waals surface area contributed by atoms with Crippen LogP contribution in [0.2, 0.25) is 0 Å². The summed E-state index contributed by atoms with van der Waals surface area (Å²) in [6, 6.07) is 73.9. The number of benzene rings is 12. The van der Waals surface area contributed by atoms with Crippen LogP contribution in [0.3, 0.4) is 0 Å². The van der Waals surface area contributed by atoms with Crippen molar-refractivity contribution in [1.29, 1.82) is 0 Å². The molecule has 16 nitrogen and oxygen atoms in total. The van der Waals surface area contributed by atoms with Crippen LogP contribution in [0.4, 0.5) is 57.9 Å². The van der Waals surface area contributed by atoms with Gasteiger partial charge in [0.2, 0.25) is 23.6 Å². The highest BCUT2D eigenvalue weighted by Crippen LogP contribution is 2.52. The van der Waals surface area contributed by atoms with Gasteiger partial charge in [-0.3, -0.25) is 19.2 Å². The number of aliphatic hydroxyl groups excluding tert-OH is 4. The van der Waals surface area contributed by atoms with E-state index in [1.165, 1.54) is 146 Å². The Balaban J connectivity index is 0.000000197. The van der Waals surface area contributed by atoms with Crippen molar-refractivity contribution in [3.63, 3.8) is 0 Å². The third kappa shape index (κ3) is 21.3. The summed E-state index contributed by atoms with van der Waals surface area (Å²) in [6.45, 7) is 1.06. The van der Waals surface area contributed by atoms with Crippen molar-refractivity contribution in [3.05, 3.63) is 407 Å². The fourth-order valence-corrected chi connectivity index (χ4v) is 17.1. The summed E-state index contributed by atoms with van der Waals surface area (Å²) in [5, 5.41) is 43.1. The molecule has 0 bridgehead atoms. The molecule has 0 unspecified atom stereocenters. The van der Waals surface area contributed by atoms with Gasteiger partial charge in [-0.05, 0) is 314 Å². The Kier molecular flexibility index (Phi) is 28.8. The summed E-state index contributed by atoms with van der Waals surface area (Å²) in [5.41, 5.74) is 7.99. The lowest BCUT2D eigenvalue weighted by Gasteiger charge is -2.48. The van der Waals surface area contributed by atoms with Crippen molar-refractivity contribution < 1.29 is 93.7 Å². The lowest BCUT2D eigenvalue weighted by Crippen LogP contribution is -2.55. The quantitative estimate of drug-likeness (QED) is 0.0165. The van der Waals surface area contributed by atoms with Gasteiger partial charge < -0.3 is 59.0 Å². The van der Waals surface area contributed by atoms with Crippen molar-refractivity contribution in [1.82, 2.24) is 0 Å². The molecule has 0 radical (unpaired) electrons. The Morgan fingerprint density at radius 2 is 0.391 bits per heavy atom. The molecule has 4 saturated heterocycles. The number of carbonyl (C=O) groups excluding carboxylic acids is 4. The van der Waals surface area contributed by atoms with E-state index >= 15 is 0 Å². The van der Waals surface area contributed by atoms with Gasteiger partial charge in [0.15, 0.2) is 0 Å². The highest BCUT2D eigenvalue weighted by molar-refractivity contribution is 6.05. The molecule has 0 aliphatic carbocycles. The molecule has 0 spiro atoms. The van der Waals surface area contributed by atoms with E-state index in [9.17, 15) is 74.7 Å². The van der Waals surface area contributed by atoms with Gasteiger partial charge >= 0.3 is 0 Å². The van der Waals surface area contributed by atoms with Gasteiger partial charge in [0.25, 0.3) is 0 Å². The average molecular weight is 1740 g/mol. The van der Waals surface area contributed by atoms with Crippen LogP contribution >= 0.6 is 0 Å². The minimum Gasteiger partial charge on any atom is -0.490 e. The van der Waals surface area contributed by atoms with Crippen molar-refractivity contribution in [3.8, 4) is 23.0 Å². The third-order valence-corrected chi connectivity index (χ3v) is 23.9. The van der Waals surface area contributed by atoms with E-state index in [1.807, 2.05) is 121 Å². The maximum atomic E-state index is 13.8. The molecule has 128 heavy (non-hydrogen) atoms. The van der Waals surface area contributed by atoms with Gasteiger partial charge in [0, 0.05) is 22.7 Å². The molecule has 656 valence electrons. The summed E-state index contributed by atoms with van der Waals surface area (Å²) in [7, 11) is 0. The van der Waals surface area contributed by atoms with Gasteiger partial charge in [-0.1, -0.05) is 97.1 Å². The fraction of sp³-hybridized carbons (Fsp3) is 0.231. The van der Waals surface area contributed by atoms with E-state index in [1.54, 1.807) is 68.1 Å². The topological polar surface area (TPSA) is 199 Å². The Hall–Kier alpha value is -13.5. The third-order valence-electron chi connectivity index (χ3n) is 23.9. The molecule has 16 rings (SSSR count). The zero-order valence-corrected chi connectivity index (χ0v) is 69.3. The minimum absolute atomic E-state index is 0.128. The van der Waals surface area contributed by atoms with Crippen molar-refractivity contribution in [2.45, 2.75) is 99.9 Å². The summed E-state index contributed by atoms with van der Waals surface area (Å²) >= 11 is 0. The minimum atomic E-state index is -0.863. The van der Waals surface area contributed by atoms with Crippen LogP contribution in [0.25, 0.3) is 0 Å². The second-order valence-corrected chi connectivity index (χ2v) is 32.0. The maximum Gasteiger partial charge on any atom is 0.233 e. The van der Waals surface area contributed by atoms with E-state index in [-0.39, 0.29) is 74.2 Å². The van der Waals surface area contributed by atoms with Crippen LogP contribution in [0.1, 0.15) is 144 Å². The second-order valence-electron chi connectivity index (χ2n) is 32.0. The monoisotopic (exact) mass is 1740 g/mol. The Labute approximate surface area is 735 Å². The lowest BCUT2D eigenvalue weighted by molar-refractivity contribution is -0.131. The summed E-state index contributed by atoms with van der Waals surface area (Å²) in [6.07, 6.45) is 6.62. The number of amides is 4. The van der Waals surface area contributed by atoms with E-state index < -0.39 is 94.6 Å². The molecule has 0 aromatic heterocycles. The summed E-state index contributed by atoms with van der Waals surface area (Å²) in [5.74, 6) is -3.00. The van der Waals surface area contributed by atoms with Gasteiger partial charge in [-0.25, -0.2) is 35.1 Å². The van der Waals surface area contributed by atoms with Crippen molar-refractivity contribution in [2.24, 2.45) is 23.7 Å². The molecule has 4 aliphatic heterocycles. The maximum absolute atomic E-state index is 13.8. The smallest absolute Gasteiger partial charge is 0.233 e. The molecule has 24 heteroatoms. The first-order chi connectivity index (χ1) is 62.1. The number of aliphatic hydroxyl groups is 4. The van der Waals surface area contributed by atoms with Crippen molar-refractivity contribution in [2.75, 3.05) is 46.0 Å². The van der Waals surface area contributed by atoms with Crippen LogP contribution in [0.15, 0.2) is 315 Å². The lowest BCUT2D eigenvalue weighted by atomic mass is 9.78. The number of β-lactam (4-membered cyclic amide) rings is 4. The first kappa shape index (κ1) is 89.3. The molecule has 4 fully saturated rings. The molecule has 4 amide bonds. The predicted octanol–water partition coefficient (Wildman–Crippen LogP) is 21.4. The van der Waals surface area contributed by atoms with E-state index in [0.717, 1.165) is 22.3 Å². The summed E-state index contributed by atoms with van der Waals surface area (Å²) in [4.78, 5) is 60.4. The van der Waals surface area contributed by atoms with E-state index in [2.05, 4.69) is 0 Å². The van der Waals surface area contributed by atoms with Crippen LogP contribution < -0.4 is 38.5 Å². The zero-order valence-electron chi connectivity index (χ0n) is 69.3. The van der Waals surface area contributed by atoms with E-state index in [0.29, 0.717) is 119 Å². The van der Waals surface area contributed by atoms with Crippen LogP contribution in [0, 0.1) is 70.2 Å². The van der Waals surface area contributed by atoms with E-state index in [4.69, 9.17) is 18.9 Å². The first-order valence-corrected chi connectivity index (χ1v) is 42.4. The number of carbonyl (C=O) groups is 4. The van der Waals surface area contributed by atoms with Gasteiger partial charge in [-0.15, -0.1) is 0 Å². The van der Waals surface area contributed by atoms with Crippen LogP contribution in [0.5, 0.6) is 23.0 Å².